The molecule has 1 heterocycles. The Morgan fingerprint density at radius 1 is 1.12 bits per heavy atom. The number of nitrogens with zero attached hydrogens (tertiary/aromatic N) is 1. The third kappa shape index (κ3) is 15.7. The summed E-state index contributed by atoms with van der Waals surface area (Å²) in [4.78, 5) is 38.2. The molecule has 1 unspecified atom stereocenters. The first-order chi connectivity index (χ1) is 19.6. The highest BCUT2D eigenvalue weighted by Gasteiger charge is 2.37. The average molecular weight is 577 g/mol. The normalized spacial score (nSPS) is 19.3. The fourth-order valence-corrected chi connectivity index (χ4v) is 3.88. The van der Waals surface area contributed by atoms with Crippen LogP contribution in [0.2, 0.25) is 0 Å². The van der Waals surface area contributed by atoms with Crippen molar-refractivity contribution in [1.29, 1.82) is 0 Å². The molecule has 1 aliphatic carbocycles. The van der Waals surface area contributed by atoms with E-state index in [0.717, 1.165) is 24.8 Å². The van der Waals surface area contributed by atoms with Crippen LogP contribution in [-0.2, 0) is 20.8 Å². The Morgan fingerprint density at radius 3 is 2.41 bits per heavy atom. The number of carbonyl (C=O) groups is 3. The third-order valence-corrected chi connectivity index (χ3v) is 6.08. The first kappa shape index (κ1) is 35.5. The Balaban J connectivity index is 0.000000648. The molecule has 1 fully saturated rings. The highest BCUT2D eigenvalue weighted by atomic mass is 19.1. The lowest BCUT2D eigenvalue weighted by atomic mass is 10.1. The van der Waals surface area contributed by atoms with E-state index in [4.69, 9.17) is 4.74 Å². The molecule has 1 aromatic carbocycles. The highest BCUT2D eigenvalue weighted by molar-refractivity contribution is 5.89. The molecule has 1 saturated carbocycles. The van der Waals surface area contributed by atoms with Crippen LogP contribution in [0.15, 0.2) is 54.9 Å². The second kappa shape index (κ2) is 20.4. The third-order valence-electron chi connectivity index (χ3n) is 6.08. The van der Waals surface area contributed by atoms with Gasteiger partial charge in [-0.1, -0.05) is 37.8 Å². The summed E-state index contributed by atoms with van der Waals surface area (Å²) in [5.74, 6) is -0.891. The standard InChI is InChI=1S/C21H29FN4O4.C5H7F.C5H10/c1-26-13-19(28)25-12-18(27)23-8-2-3-14-6-7-16(22)11-17(14)30-10-9-24-20(21(26)29)15-4-5-15;1-3-4-5(2)6;1-3-5-4-2/h6-7,11,15,20,24H,2-5,8-10,12-13H2,1H3,(H,23,27)(H,25,28);3-4H,2H2,1H3;3,5H,4H2,1-2H3/b;4-3-;5-3+. The maximum atomic E-state index is 13.7. The average Bonchev–Trinajstić information content (AvgIpc) is 3.76. The molecular formula is C31H46F2N4O4. The monoisotopic (exact) mass is 576 g/mol. The van der Waals surface area contributed by atoms with Crippen LogP contribution in [0.25, 0.3) is 0 Å². The van der Waals surface area contributed by atoms with Gasteiger partial charge in [0.2, 0.25) is 17.7 Å². The molecule has 10 heteroatoms. The van der Waals surface area contributed by atoms with Crippen molar-refractivity contribution < 1.29 is 27.9 Å². The molecule has 3 N–H and O–H groups in total. The Hall–Kier alpha value is -3.53. The summed E-state index contributed by atoms with van der Waals surface area (Å²) in [6, 6.07) is 4.04. The number of halogens is 2. The Labute approximate surface area is 243 Å². The fourth-order valence-electron chi connectivity index (χ4n) is 3.88. The largest absolute Gasteiger partial charge is 0.492 e. The van der Waals surface area contributed by atoms with E-state index >= 15 is 0 Å². The number of hydrogen-bond acceptors (Lipinski definition) is 5. The molecule has 8 nitrogen and oxygen atoms in total. The number of hydrogen-bond donors (Lipinski definition) is 3. The van der Waals surface area contributed by atoms with Crippen molar-refractivity contribution in [3.05, 3.63) is 66.3 Å². The van der Waals surface area contributed by atoms with E-state index in [0.29, 0.717) is 31.7 Å². The number of benzene rings is 1. The van der Waals surface area contributed by atoms with Gasteiger partial charge in [-0.05, 0) is 69.6 Å². The summed E-state index contributed by atoms with van der Waals surface area (Å²) in [6.07, 6.45) is 11.4. The van der Waals surface area contributed by atoms with Crippen molar-refractivity contribution in [2.75, 3.05) is 39.8 Å². The summed E-state index contributed by atoms with van der Waals surface area (Å²) in [5, 5.41) is 8.51. The summed E-state index contributed by atoms with van der Waals surface area (Å²) >= 11 is 0. The van der Waals surface area contributed by atoms with Gasteiger partial charge in [0, 0.05) is 26.2 Å². The van der Waals surface area contributed by atoms with Gasteiger partial charge in [0.05, 0.1) is 19.1 Å². The molecule has 0 aromatic heterocycles. The van der Waals surface area contributed by atoms with Crippen LogP contribution in [0.3, 0.4) is 0 Å². The van der Waals surface area contributed by atoms with Crippen LogP contribution in [0.1, 0.15) is 52.0 Å². The lowest BCUT2D eigenvalue weighted by Crippen LogP contribution is -2.50. The minimum atomic E-state index is -0.391. The number of carbonyl (C=O) groups excluding carboxylic acids is 3. The van der Waals surface area contributed by atoms with E-state index in [9.17, 15) is 23.2 Å². The highest BCUT2D eigenvalue weighted by Crippen LogP contribution is 2.33. The molecule has 3 amide bonds. The first-order valence-corrected chi connectivity index (χ1v) is 14.1. The van der Waals surface area contributed by atoms with Crippen LogP contribution in [0.4, 0.5) is 8.78 Å². The second-order valence-electron chi connectivity index (χ2n) is 9.72. The van der Waals surface area contributed by atoms with Gasteiger partial charge in [0.15, 0.2) is 0 Å². The van der Waals surface area contributed by atoms with Gasteiger partial charge in [-0.3, -0.25) is 14.4 Å². The van der Waals surface area contributed by atoms with Crippen LogP contribution >= 0.6 is 0 Å². The molecule has 0 saturated heterocycles. The molecule has 0 spiro atoms. The molecule has 3 rings (SSSR count). The Kier molecular flexibility index (Phi) is 17.6. The summed E-state index contributed by atoms with van der Waals surface area (Å²) < 4.78 is 30.9. The number of rotatable bonds is 3. The van der Waals surface area contributed by atoms with E-state index in [1.807, 2.05) is 6.92 Å². The van der Waals surface area contributed by atoms with Gasteiger partial charge < -0.3 is 25.6 Å². The van der Waals surface area contributed by atoms with E-state index < -0.39 is 5.83 Å². The Bertz CT molecular complexity index is 1040. The van der Waals surface area contributed by atoms with Crippen LogP contribution < -0.4 is 20.7 Å². The topological polar surface area (TPSA) is 99.8 Å². The van der Waals surface area contributed by atoms with Crippen LogP contribution in [-0.4, -0.2) is 68.5 Å². The minimum Gasteiger partial charge on any atom is -0.492 e. The summed E-state index contributed by atoms with van der Waals surface area (Å²) in [5.41, 5.74) is 0.856. The number of amides is 3. The lowest BCUT2D eigenvalue weighted by Gasteiger charge is -2.24. The van der Waals surface area contributed by atoms with Crippen molar-refractivity contribution in [3.8, 4) is 5.75 Å². The van der Waals surface area contributed by atoms with Crippen LogP contribution in [0, 0.1) is 11.7 Å². The number of nitrogens with one attached hydrogen (secondary N) is 3. The maximum absolute atomic E-state index is 13.7. The minimum absolute atomic E-state index is 0.111. The molecule has 228 valence electrons. The number of allylic oxidation sites excluding steroid dienone is 5. The molecule has 41 heavy (non-hydrogen) atoms. The van der Waals surface area contributed by atoms with Crippen molar-refractivity contribution in [1.82, 2.24) is 20.9 Å². The van der Waals surface area contributed by atoms with E-state index in [-0.39, 0.29) is 55.2 Å². The predicted molar refractivity (Wildman–Crippen MR) is 159 cm³/mol. The predicted octanol–water partition coefficient (Wildman–Crippen LogP) is 4.23. The molecule has 0 radical (unpaired) electrons. The molecule has 1 aromatic rings. The first-order valence-electron chi connectivity index (χ1n) is 14.1. The van der Waals surface area contributed by atoms with Crippen molar-refractivity contribution in [3.63, 3.8) is 0 Å². The summed E-state index contributed by atoms with van der Waals surface area (Å²) in [6.45, 7) is 9.77. The second-order valence-corrected chi connectivity index (χ2v) is 9.72. The maximum Gasteiger partial charge on any atom is 0.240 e. The SMILES string of the molecule is C/C=C/CC.C=C(F)/C=C\C.CN1CC(=O)NCC(=O)NCCCc2ccc(F)cc2OCCNC(C2CC2)C1=O. The van der Waals surface area contributed by atoms with Gasteiger partial charge in [-0.15, -0.1) is 0 Å². The van der Waals surface area contributed by atoms with Gasteiger partial charge >= 0.3 is 0 Å². The molecule has 1 aliphatic heterocycles. The zero-order chi connectivity index (χ0) is 30.6. The van der Waals surface area contributed by atoms with Gasteiger partial charge in [0.1, 0.15) is 24.0 Å². The molecule has 2 aliphatic rings. The zero-order valence-corrected chi connectivity index (χ0v) is 24.8. The molecular weight excluding hydrogens is 530 g/mol. The molecule has 1 atom stereocenters. The quantitative estimate of drug-likeness (QED) is 0.370. The lowest BCUT2D eigenvalue weighted by molar-refractivity contribution is -0.137. The van der Waals surface area contributed by atoms with E-state index in [1.165, 1.54) is 23.1 Å². The van der Waals surface area contributed by atoms with Crippen LogP contribution in [0.5, 0.6) is 5.75 Å². The molecule has 0 bridgehead atoms. The fraction of sp³-hybridized carbons (Fsp3) is 0.516. The number of aryl methyl sites for hydroxylation is 1. The van der Waals surface area contributed by atoms with Crippen molar-refractivity contribution in [2.24, 2.45) is 5.92 Å². The van der Waals surface area contributed by atoms with Gasteiger partial charge in [-0.2, -0.15) is 0 Å². The summed E-state index contributed by atoms with van der Waals surface area (Å²) in [7, 11) is 1.58. The van der Waals surface area contributed by atoms with Gasteiger partial charge in [0.25, 0.3) is 0 Å². The number of fused-ring (bicyclic) bond motifs is 1. The van der Waals surface area contributed by atoms with Gasteiger partial charge in [-0.25, -0.2) is 8.78 Å². The van der Waals surface area contributed by atoms with Crippen molar-refractivity contribution >= 4 is 17.7 Å². The number of ether oxygens (including phenoxy) is 1. The van der Waals surface area contributed by atoms with Crippen molar-refractivity contribution in [2.45, 2.75) is 58.9 Å². The zero-order valence-electron chi connectivity index (χ0n) is 24.8. The smallest absolute Gasteiger partial charge is 0.240 e. The van der Waals surface area contributed by atoms with E-state index in [2.05, 4.69) is 41.6 Å². The van der Waals surface area contributed by atoms with E-state index in [1.54, 1.807) is 26.1 Å². The number of likely N-dealkylation sites (N-methyl/N-ethyl adjacent to an activating group) is 1. The Morgan fingerprint density at radius 2 is 1.85 bits per heavy atom.